The summed E-state index contributed by atoms with van der Waals surface area (Å²) >= 11 is 2.21. The smallest absolute Gasteiger partial charge is 0.306 e. The first-order valence-electron chi connectivity index (χ1n) is 6.32. The van der Waals surface area contributed by atoms with Crippen LogP contribution in [0.15, 0.2) is 24.3 Å². The van der Waals surface area contributed by atoms with Crippen LogP contribution in [-0.4, -0.2) is 28.4 Å². The van der Waals surface area contributed by atoms with Gasteiger partial charge >= 0.3 is 5.97 Å². The predicted octanol–water partition coefficient (Wildman–Crippen LogP) is 2.68. The van der Waals surface area contributed by atoms with E-state index < -0.39 is 11.6 Å². The van der Waals surface area contributed by atoms with E-state index in [4.69, 9.17) is 9.84 Å². The van der Waals surface area contributed by atoms with Crippen molar-refractivity contribution in [1.29, 1.82) is 0 Å². The minimum Gasteiger partial charge on any atom is -0.491 e. The summed E-state index contributed by atoms with van der Waals surface area (Å²) in [6.07, 6.45) is 1.99. The Bertz CT molecular complexity index is 453. The Morgan fingerprint density at radius 1 is 1.42 bits per heavy atom. The summed E-state index contributed by atoms with van der Waals surface area (Å²) in [4.78, 5) is 10.9. The lowest BCUT2D eigenvalue weighted by atomic mass is 9.79. The van der Waals surface area contributed by atoms with Crippen LogP contribution in [0.4, 0.5) is 0 Å². The topological polar surface area (TPSA) is 66.8 Å². The fourth-order valence-electron chi connectivity index (χ4n) is 2.32. The van der Waals surface area contributed by atoms with Crippen LogP contribution >= 0.6 is 22.6 Å². The van der Waals surface area contributed by atoms with Gasteiger partial charge in [0.1, 0.15) is 12.4 Å². The second-order valence-electron chi connectivity index (χ2n) is 5.08. The van der Waals surface area contributed by atoms with E-state index in [-0.39, 0.29) is 12.5 Å². The minimum atomic E-state index is -0.896. The molecular formula is C14H17IO4. The van der Waals surface area contributed by atoms with Crippen molar-refractivity contribution in [2.24, 2.45) is 5.92 Å². The van der Waals surface area contributed by atoms with Crippen molar-refractivity contribution in [3.8, 4) is 5.75 Å². The molecule has 0 saturated heterocycles. The maximum Gasteiger partial charge on any atom is 0.306 e. The van der Waals surface area contributed by atoms with E-state index in [1.165, 1.54) is 0 Å². The third-order valence-electron chi connectivity index (χ3n) is 3.57. The second kappa shape index (κ2) is 6.09. The first-order chi connectivity index (χ1) is 8.98. The SMILES string of the molecule is O=C(O)C1CCC(O)(COc2cccc(I)c2)CC1. The summed E-state index contributed by atoms with van der Waals surface area (Å²) in [7, 11) is 0. The minimum absolute atomic E-state index is 0.222. The quantitative estimate of drug-likeness (QED) is 0.794. The number of ether oxygens (including phenoxy) is 1. The number of rotatable bonds is 4. The lowest BCUT2D eigenvalue weighted by molar-refractivity contribution is -0.145. The van der Waals surface area contributed by atoms with Crippen LogP contribution in [0.3, 0.4) is 0 Å². The van der Waals surface area contributed by atoms with Gasteiger partial charge in [0.2, 0.25) is 0 Å². The van der Waals surface area contributed by atoms with Crippen molar-refractivity contribution < 1.29 is 19.7 Å². The van der Waals surface area contributed by atoms with Crippen molar-refractivity contribution in [2.45, 2.75) is 31.3 Å². The third-order valence-corrected chi connectivity index (χ3v) is 4.24. The van der Waals surface area contributed by atoms with E-state index in [2.05, 4.69) is 22.6 Å². The number of hydrogen-bond acceptors (Lipinski definition) is 3. The van der Waals surface area contributed by atoms with E-state index in [9.17, 15) is 9.90 Å². The van der Waals surface area contributed by atoms with Gasteiger partial charge < -0.3 is 14.9 Å². The van der Waals surface area contributed by atoms with E-state index in [0.717, 1.165) is 9.32 Å². The van der Waals surface area contributed by atoms with Gasteiger partial charge in [-0.05, 0) is 66.5 Å². The molecule has 104 valence electrons. The lowest BCUT2D eigenvalue weighted by Crippen LogP contribution is -2.41. The second-order valence-corrected chi connectivity index (χ2v) is 6.33. The van der Waals surface area contributed by atoms with Gasteiger partial charge in [0, 0.05) is 3.57 Å². The highest BCUT2D eigenvalue weighted by Crippen LogP contribution is 2.32. The van der Waals surface area contributed by atoms with Crippen molar-refractivity contribution in [1.82, 2.24) is 0 Å². The molecule has 1 aromatic rings. The molecule has 5 heteroatoms. The van der Waals surface area contributed by atoms with Crippen molar-refractivity contribution in [3.05, 3.63) is 27.8 Å². The van der Waals surface area contributed by atoms with Crippen molar-refractivity contribution in [2.75, 3.05) is 6.61 Å². The number of carboxylic acid groups (broad SMARTS) is 1. The summed E-state index contributed by atoms with van der Waals surface area (Å²) < 4.78 is 6.70. The zero-order valence-electron chi connectivity index (χ0n) is 10.5. The molecule has 0 heterocycles. The molecule has 0 radical (unpaired) electrons. The fraction of sp³-hybridized carbons (Fsp3) is 0.500. The number of halogens is 1. The Morgan fingerprint density at radius 3 is 2.68 bits per heavy atom. The highest BCUT2D eigenvalue weighted by atomic mass is 127. The molecule has 2 N–H and O–H groups in total. The number of hydrogen-bond donors (Lipinski definition) is 2. The van der Waals surface area contributed by atoms with Crippen LogP contribution < -0.4 is 4.74 Å². The average molecular weight is 376 g/mol. The fourth-order valence-corrected chi connectivity index (χ4v) is 2.84. The van der Waals surface area contributed by atoms with Crippen LogP contribution in [-0.2, 0) is 4.79 Å². The van der Waals surface area contributed by atoms with Crippen LogP contribution in [0, 0.1) is 9.49 Å². The number of aliphatic carboxylic acids is 1. The van der Waals surface area contributed by atoms with Gasteiger partial charge in [-0.1, -0.05) is 6.07 Å². The summed E-state index contributed by atoms with van der Waals surface area (Å²) in [6.45, 7) is 0.222. The Kier molecular flexibility index (Phi) is 4.67. The van der Waals surface area contributed by atoms with Gasteiger partial charge in [0.25, 0.3) is 0 Å². The Labute approximate surface area is 125 Å². The van der Waals surface area contributed by atoms with Gasteiger partial charge in [-0.15, -0.1) is 0 Å². The Balaban J connectivity index is 1.88. The number of carboxylic acids is 1. The molecule has 2 rings (SSSR count). The largest absolute Gasteiger partial charge is 0.491 e. The maximum absolute atomic E-state index is 10.9. The Morgan fingerprint density at radius 2 is 2.11 bits per heavy atom. The molecule has 0 atom stereocenters. The van der Waals surface area contributed by atoms with E-state index >= 15 is 0 Å². The number of benzene rings is 1. The average Bonchev–Trinajstić information content (AvgIpc) is 2.37. The molecular weight excluding hydrogens is 359 g/mol. The molecule has 19 heavy (non-hydrogen) atoms. The first kappa shape index (κ1) is 14.6. The number of carbonyl (C=O) groups is 1. The Hall–Kier alpha value is -0.820. The molecule has 1 aliphatic carbocycles. The molecule has 1 aromatic carbocycles. The first-order valence-corrected chi connectivity index (χ1v) is 7.40. The van der Waals surface area contributed by atoms with Crippen LogP contribution in [0.1, 0.15) is 25.7 Å². The summed E-state index contributed by atoms with van der Waals surface area (Å²) in [5.74, 6) is -0.348. The molecule has 1 aliphatic rings. The number of aliphatic hydroxyl groups is 1. The van der Waals surface area contributed by atoms with Gasteiger partial charge in [-0.3, -0.25) is 4.79 Å². The van der Waals surface area contributed by atoms with Crippen molar-refractivity contribution >= 4 is 28.6 Å². The normalized spacial score (nSPS) is 26.9. The summed E-state index contributed by atoms with van der Waals surface area (Å²) in [5.41, 5.74) is -0.896. The maximum atomic E-state index is 10.9. The highest BCUT2D eigenvalue weighted by molar-refractivity contribution is 14.1. The molecule has 1 fully saturated rings. The van der Waals surface area contributed by atoms with Gasteiger partial charge in [0.05, 0.1) is 11.5 Å². The van der Waals surface area contributed by atoms with Crippen LogP contribution in [0.25, 0.3) is 0 Å². The molecule has 1 saturated carbocycles. The van der Waals surface area contributed by atoms with E-state index in [1.54, 1.807) is 0 Å². The van der Waals surface area contributed by atoms with Crippen LogP contribution in [0.5, 0.6) is 5.75 Å². The van der Waals surface area contributed by atoms with Crippen LogP contribution in [0.2, 0.25) is 0 Å². The summed E-state index contributed by atoms with van der Waals surface area (Å²) in [6, 6.07) is 7.64. The molecule has 0 unspecified atom stereocenters. The van der Waals surface area contributed by atoms with Gasteiger partial charge in [-0.25, -0.2) is 0 Å². The standard InChI is InChI=1S/C14H17IO4/c15-11-2-1-3-12(8-11)19-9-14(18)6-4-10(5-7-14)13(16)17/h1-3,8,10,18H,4-7,9H2,(H,16,17). The zero-order chi connectivity index (χ0) is 13.9. The van der Waals surface area contributed by atoms with E-state index in [1.807, 2.05) is 24.3 Å². The van der Waals surface area contributed by atoms with Gasteiger partial charge in [-0.2, -0.15) is 0 Å². The molecule has 4 nitrogen and oxygen atoms in total. The highest BCUT2D eigenvalue weighted by Gasteiger charge is 2.36. The molecule has 0 bridgehead atoms. The zero-order valence-corrected chi connectivity index (χ0v) is 12.7. The third kappa shape index (κ3) is 4.07. The predicted molar refractivity (Wildman–Crippen MR) is 79.2 cm³/mol. The molecule has 0 aromatic heterocycles. The van der Waals surface area contributed by atoms with E-state index in [0.29, 0.717) is 25.7 Å². The molecule has 0 aliphatic heterocycles. The van der Waals surface area contributed by atoms with Crippen molar-refractivity contribution in [3.63, 3.8) is 0 Å². The van der Waals surface area contributed by atoms with Gasteiger partial charge in [0.15, 0.2) is 0 Å². The lowest BCUT2D eigenvalue weighted by Gasteiger charge is -2.34. The summed E-state index contributed by atoms with van der Waals surface area (Å²) in [5, 5.41) is 19.3. The monoisotopic (exact) mass is 376 g/mol. The molecule has 0 amide bonds. The molecule has 0 spiro atoms.